The van der Waals surface area contributed by atoms with E-state index in [1.165, 1.54) is 19.2 Å². The van der Waals surface area contributed by atoms with Crippen molar-refractivity contribution in [2.75, 3.05) is 20.3 Å². The first-order chi connectivity index (χ1) is 11.5. The third kappa shape index (κ3) is 3.66. The molecule has 1 aliphatic heterocycles. The molecule has 2 aromatic rings. The fourth-order valence-corrected chi connectivity index (χ4v) is 4.05. The molecule has 3 rings (SSSR count). The number of sulfonamides is 1. The molecular weight excluding hydrogens is 398 g/mol. The van der Waals surface area contributed by atoms with Gasteiger partial charge in [-0.25, -0.2) is 13.1 Å². The van der Waals surface area contributed by atoms with Gasteiger partial charge >= 0.3 is 0 Å². The molecule has 128 valence electrons. The SMILES string of the molecule is COc1ccc(S(=O)(=O)NC[C@H]2COc3ccccc3O2)cc1Br. The minimum atomic E-state index is -3.66. The van der Waals surface area contributed by atoms with E-state index in [2.05, 4.69) is 20.7 Å². The number of rotatable bonds is 5. The van der Waals surface area contributed by atoms with Crippen LogP contribution in [-0.2, 0) is 10.0 Å². The van der Waals surface area contributed by atoms with Gasteiger partial charge in [0.1, 0.15) is 18.5 Å². The maximum absolute atomic E-state index is 12.4. The molecule has 1 N–H and O–H groups in total. The van der Waals surface area contributed by atoms with Gasteiger partial charge in [0.15, 0.2) is 11.5 Å². The Balaban J connectivity index is 1.67. The molecule has 0 bridgehead atoms. The van der Waals surface area contributed by atoms with E-state index in [9.17, 15) is 8.42 Å². The van der Waals surface area contributed by atoms with Crippen molar-refractivity contribution in [3.05, 3.63) is 46.9 Å². The summed E-state index contributed by atoms with van der Waals surface area (Å²) in [5.74, 6) is 1.84. The molecule has 0 saturated carbocycles. The van der Waals surface area contributed by atoms with Crippen LogP contribution in [0.25, 0.3) is 0 Å². The van der Waals surface area contributed by atoms with Crippen LogP contribution in [0, 0.1) is 0 Å². The Morgan fingerprint density at radius 3 is 2.71 bits per heavy atom. The zero-order chi connectivity index (χ0) is 17.2. The van der Waals surface area contributed by atoms with Crippen molar-refractivity contribution in [2.24, 2.45) is 0 Å². The summed E-state index contributed by atoms with van der Waals surface area (Å²) < 4.78 is 44.3. The summed E-state index contributed by atoms with van der Waals surface area (Å²) >= 11 is 3.28. The number of nitrogens with one attached hydrogen (secondary N) is 1. The van der Waals surface area contributed by atoms with Gasteiger partial charge in [0.2, 0.25) is 10.0 Å². The number of ether oxygens (including phenoxy) is 3. The Bertz CT molecular complexity index is 840. The monoisotopic (exact) mass is 413 g/mol. The van der Waals surface area contributed by atoms with Gasteiger partial charge in [-0.2, -0.15) is 0 Å². The molecule has 0 aromatic heterocycles. The van der Waals surface area contributed by atoms with Crippen LogP contribution in [0.15, 0.2) is 51.8 Å². The van der Waals surface area contributed by atoms with E-state index in [4.69, 9.17) is 14.2 Å². The van der Waals surface area contributed by atoms with Gasteiger partial charge in [0.25, 0.3) is 0 Å². The second kappa shape index (κ2) is 7.00. The highest BCUT2D eigenvalue weighted by Crippen LogP contribution is 2.31. The fraction of sp³-hybridized carbons (Fsp3) is 0.250. The van der Waals surface area contributed by atoms with Crippen LogP contribution in [0.5, 0.6) is 17.2 Å². The Morgan fingerprint density at radius 1 is 1.25 bits per heavy atom. The van der Waals surface area contributed by atoms with Gasteiger partial charge in [-0.1, -0.05) is 12.1 Å². The Morgan fingerprint density at radius 2 is 2.00 bits per heavy atom. The Labute approximate surface area is 148 Å². The Hall–Kier alpha value is -1.77. The Kier molecular flexibility index (Phi) is 4.98. The van der Waals surface area contributed by atoms with Crippen molar-refractivity contribution < 1.29 is 22.6 Å². The lowest BCUT2D eigenvalue weighted by atomic mass is 10.2. The molecule has 0 spiro atoms. The topological polar surface area (TPSA) is 73.9 Å². The van der Waals surface area contributed by atoms with E-state index in [0.717, 1.165) is 0 Å². The molecule has 0 amide bonds. The summed E-state index contributed by atoms with van der Waals surface area (Å²) in [5.41, 5.74) is 0. The molecule has 0 aliphatic carbocycles. The fourth-order valence-electron chi connectivity index (χ4n) is 2.26. The second-order valence-corrected chi connectivity index (χ2v) is 7.77. The quantitative estimate of drug-likeness (QED) is 0.814. The number of hydrogen-bond acceptors (Lipinski definition) is 5. The molecular formula is C16H16BrNO5S. The highest BCUT2D eigenvalue weighted by Gasteiger charge is 2.23. The van der Waals surface area contributed by atoms with Crippen molar-refractivity contribution in [1.82, 2.24) is 4.72 Å². The lowest BCUT2D eigenvalue weighted by molar-refractivity contribution is 0.0943. The standard InChI is InChI=1S/C16H16BrNO5S/c1-21-14-7-6-12(8-13(14)17)24(19,20)18-9-11-10-22-15-4-2-3-5-16(15)23-11/h2-8,11,18H,9-10H2,1H3/t11-/m0/s1. The second-order valence-electron chi connectivity index (χ2n) is 5.15. The average Bonchev–Trinajstić information content (AvgIpc) is 2.60. The third-order valence-electron chi connectivity index (χ3n) is 3.50. The average molecular weight is 414 g/mol. The van der Waals surface area contributed by atoms with Gasteiger partial charge in [0, 0.05) is 0 Å². The van der Waals surface area contributed by atoms with E-state index in [1.807, 2.05) is 18.2 Å². The van der Waals surface area contributed by atoms with Gasteiger partial charge in [-0.15, -0.1) is 0 Å². The highest BCUT2D eigenvalue weighted by molar-refractivity contribution is 9.10. The number of halogens is 1. The van der Waals surface area contributed by atoms with E-state index in [-0.39, 0.29) is 18.0 Å². The molecule has 0 fully saturated rings. The first kappa shape index (κ1) is 17.1. The van der Waals surface area contributed by atoms with Gasteiger partial charge in [0.05, 0.1) is 23.0 Å². The molecule has 0 unspecified atom stereocenters. The summed E-state index contributed by atoms with van der Waals surface area (Å²) in [7, 11) is -2.14. The molecule has 6 nitrogen and oxygen atoms in total. The van der Waals surface area contributed by atoms with Crippen LogP contribution < -0.4 is 18.9 Å². The van der Waals surface area contributed by atoms with Gasteiger partial charge < -0.3 is 14.2 Å². The molecule has 0 radical (unpaired) electrons. The van der Waals surface area contributed by atoms with Gasteiger partial charge in [-0.3, -0.25) is 0 Å². The minimum Gasteiger partial charge on any atom is -0.496 e. The van der Waals surface area contributed by atoms with E-state index < -0.39 is 16.1 Å². The number of fused-ring (bicyclic) bond motifs is 1. The van der Waals surface area contributed by atoms with Crippen LogP contribution in [0.1, 0.15) is 0 Å². The normalized spacial score (nSPS) is 16.7. The van der Waals surface area contributed by atoms with Crippen molar-refractivity contribution in [3.8, 4) is 17.2 Å². The van der Waals surface area contributed by atoms with Gasteiger partial charge in [-0.05, 0) is 46.3 Å². The number of hydrogen-bond donors (Lipinski definition) is 1. The largest absolute Gasteiger partial charge is 0.496 e. The first-order valence-corrected chi connectivity index (χ1v) is 9.49. The maximum Gasteiger partial charge on any atom is 0.240 e. The van der Waals surface area contributed by atoms with E-state index >= 15 is 0 Å². The molecule has 24 heavy (non-hydrogen) atoms. The van der Waals surface area contributed by atoms with Crippen molar-refractivity contribution in [3.63, 3.8) is 0 Å². The lowest BCUT2D eigenvalue weighted by Gasteiger charge is -2.26. The summed E-state index contributed by atoms with van der Waals surface area (Å²) in [5, 5.41) is 0. The molecule has 1 heterocycles. The first-order valence-electron chi connectivity index (χ1n) is 7.21. The van der Waals surface area contributed by atoms with Crippen LogP contribution in [0.2, 0.25) is 0 Å². The van der Waals surface area contributed by atoms with Crippen LogP contribution in [0.4, 0.5) is 0 Å². The molecule has 2 aromatic carbocycles. The third-order valence-corrected chi connectivity index (χ3v) is 5.54. The van der Waals surface area contributed by atoms with Crippen LogP contribution >= 0.6 is 15.9 Å². The number of methoxy groups -OCH3 is 1. The molecule has 0 saturated heterocycles. The summed E-state index contributed by atoms with van der Waals surface area (Å²) in [6, 6.07) is 11.9. The number of para-hydroxylation sites is 2. The predicted octanol–water partition coefficient (Wildman–Crippen LogP) is 2.58. The zero-order valence-corrected chi connectivity index (χ0v) is 15.3. The smallest absolute Gasteiger partial charge is 0.240 e. The number of benzene rings is 2. The maximum atomic E-state index is 12.4. The van der Waals surface area contributed by atoms with Crippen LogP contribution in [-0.4, -0.2) is 34.8 Å². The summed E-state index contributed by atoms with van der Waals surface area (Å²) in [6.07, 6.45) is -0.392. The highest BCUT2D eigenvalue weighted by atomic mass is 79.9. The van der Waals surface area contributed by atoms with E-state index in [0.29, 0.717) is 21.7 Å². The predicted molar refractivity (Wildman–Crippen MR) is 92.2 cm³/mol. The van der Waals surface area contributed by atoms with Crippen molar-refractivity contribution in [1.29, 1.82) is 0 Å². The summed E-state index contributed by atoms with van der Waals surface area (Å²) in [4.78, 5) is 0.146. The molecule has 1 aliphatic rings. The van der Waals surface area contributed by atoms with Crippen LogP contribution in [0.3, 0.4) is 0 Å². The van der Waals surface area contributed by atoms with Crippen molar-refractivity contribution in [2.45, 2.75) is 11.0 Å². The lowest BCUT2D eigenvalue weighted by Crippen LogP contribution is -2.40. The minimum absolute atomic E-state index is 0.111. The molecule has 1 atom stereocenters. The van der Waals surface area contributed by atoms with Crippen molar-refractivity contribution >= 4 is 26.0 Å². The van der Waals surface area contributed by atoms with E-state index in [1.54, 1.807) is 12.1 Å². The molecule has 8 heteroatoms. The summed E-state index contributed by atoms with van der Waals surface area (Å²) in [6.45, 7) is 0.395. The zero-order valence-electron chi connectivity index (χ0n) is 12.9.